The summed E-state index contributed by atoms with van der Waals surface area (Å²) in [5.41, 5.74) is -0.688. The van der Waals surface area contributed by atoms with Crippen molar-refractivity contribution in [2.24, 2.45) is 0 Å². The molecule has 174 valence electrons. The number of carbonyl (C=O) groups is 2. The number of nitrogens with zero attached hydrogens (tertiary/aromatic N) is 5. The number of hydrogen-bond acceptors (Lipinski definition) is 6. The Balaban J connectivity index is 1.60. The van der Waals surface area contributed by atoms with Crippen molar-refractivity contribution < 1.29 is 27.5 Å². The number of rotatable bonds is 6. The van der Waals surface area contributed by atoms with Gasteiger partial charge in [-0.2, -0.15) is 23.4 Å². The van der Waals surface area contributed by atoms with Gasteiger partial charge in [0.25, 0.3) is 5.91 Å². The van der Waals surface area contributed by atoms with E-state index in [1.807, 2.05) is 0 Å². The molecule has 1 amide bonds. The molecule has 0 aliphatic heterocycles. The number of esters is 1. The van der Waals surface area contributed by atoms with Crippen LogP contribution in [-0.4, -0.2) is 43.0 Å². The van der Waals surface area contributed by atoms with Crippen LogP contribution in [0.5, 0.6) is 0 Å². The standard InChI is InChI=1S/C22H17F3N6O3/c1-2-34-21(33)16-11-27-31(19(16)22(23,24)25)15-9-7-14(8-10-15)20(32)29-17-5-3-4-6-18(17)30-13-26-12-28-30/h3-13H,2H2,1H3,(H,29,32). The molecule has 2 aromatic heterocycles. The number of benzene rings is 2. The van der Waals surface area contributed by atoms with E-state index < -0.39 is 29.3 Å². The molecule has 2 heterocycles. The molecule has 0 unspecified atom stereocenters. The number of alkyl halides is 3. The van der Waals surface area contributed by atoms with Crippen LogP contribution in [0.3, 0.4) is 0 Å². The molecule has 0 saturated heterocycles. The Morgan fingerprint density at radius 1 is 1.06 bits per heavy atom. The fourth-order valence-corrected chi connectivity index (χ4v) is 3.24. The maximum Gasteiger partial charge on any atom is 0.434 e. The highest BCUT2D eigenvalue weighted by molar-refractivity contribution is 6.05. The molecule has 0 aliphatic carbocycles. The Morgan fingerprint density at radius 3 is 2.44 bits per heavy atom. The van der Waals surface area contributed by atoms with Crippen LogP contribution in [0.4, 0.5) is 18.9 Å². The molecule has 0 radical (unpaired) electrons. The van der Waals surface area contributed by atoms with Crippen LogP contribution in [0, 0.1) is 0 Å². The largest absolute Gasteiger partial charge is 0.462 e. The normalized spacial score (nSPS) is 11.3. The van der Waals surface area contributed by atoms with E-state index in [1.165, 1.54) is 48.5 Å². The van der Waals surface area contributed by atoms with Gasteiger partial charge in [0.2, 0.25) is 0 Å². The van der Waals surface area contributed by atoms with Crippen LogP contribution in [0.15, 0.2) is 67.4 Å². The van der Waals surface area contributed by atoms with Gasteiger partial charge >= 0.3 is 12.1 Å². The van der Waals surface area contributed by atoms with Crippen molar-refractivity contribution in [2.75, 3.05) is 11.9 Å². The van der Waals surface area contributed by atoms with Crippen LogP contribution >= 0.6 is 0 Å². The molecule has 0 bridgehead atoms. The summed E-state index contributed by atoms with van der Waals surface area (Å²) in [6.07, 6.45) is -1.22. The fourth-order valence-electron chi connectivity index (χ4n) is 3.24. The lowest BCUT2D eigenvalue weighted by molar-refractivity contribution is -0.143. The lowest BCUT2D eigenvalue weighted by atomic mass is 10.1. The number of halogens is 3. The second kappa shape index (κ2) is 9.17. The SMILES string of the molecule is CCOC(=O)c1cnn(-c2ccc(C(=O)Nc3ccccc3-n3cncn3)cc2)c1C(F)(F)F. The maximum absolute atomic E-state index is 13.7. The Bertz CT molecular complexity index is 1310. The highest BCUT2D eigenvalue weighted by atomic mass is 19.4. The van der Waals surface area contributed by atoms with E-state index in [2.05, 4.69) is 20.5 Å². The number of hydrogen-bond donors (Lipinski definition) is 1. The van der Waals surface area contributed by atoms with Crippen LogP contribution in [-0.2, 0) is 10.9 Å². The summed E-state index contributed by atoms with van der Waals surface area (Å²) in [6.45, 7) is 1.41. The molecular weight excluding hydrogens is 453 g/mol. The minimum atomic E-state index is -4.86. The average Bonchev–Trinajstić information content (AvgIpc) is 3.50. The third kappa shape index (κ3) is 4.51. The van der Waals surface area contributed by atoms with Gasteiger partial charge in [-0.15, -0.1) is 0 Å². The van der Waals surface area contributed by atoms with Crippen LogP contribution in [0.1, 0.15) is 33.3 Å². The first-order valence-electron chi connectivity index (χ1n) is 9.97. The quantitative estimate of drug-likeness (QED) is 0.429. The molecule has 1 N–H and O–H groups in total. The molecule has 0 aliphatic rings. The number of amides is 1. The maximum atomic E-state index is 13.7. The first kappa shape index (κ1) is 22.7. The van der Waals surface area contributed by atoms with E-state index in [0.717, 1.165) is 6.20 Å². The molecule has 34 heavy (non-hydrogen) atoms. The average molecular weight is 470 g/mol. The van der Waals surface area contributed by atoms with E-state index in [1.54, 1.807) is 24.3 Å². The van der Waals surface area contributed by atoms with E-state index in [0.29, 0.717) is 16.1 Å². The molecule has 2 aromatic carbocycles. The van der Waals surface area contributed by atoms with Crippen LogP contribution in [0.2, 0.25) is 0 Å². The van der Waals surface area contributed by atoms with Crippen molar-refractivity contribution in [1.82, 2.24) is 24.5 Å². The first-order valence-corrected chi connectivity index (χ1v) is 9.97. The van der Waals surface area contributed by atoms with Gasteiger partial charge in [0.05, 0.1) is 29.9 Å². The molecule has 0 spiro atoms. The molecule has 4 aromatic rings. The predicted octanol–water partition coefficient (Wildman–Crippen LogP) is 3.90. The first-order chi connectivity index (χ1) is 16.3. The number of aromatic nitrogens is 5. The summed E-state index contributed by atoms with van der Waals surface area (Å²) in [5.74, 6) is -1.61. The summed E-state index contributed by atoms with van der Waals surface area (Å²) < 4.78 is 47.8. The molecular formula is C22H17F3N6O3. The third-order valence-corrected chi connectivity index (χ3v) is 4.72. The van der Waals surface area contributed by atoms with Gasteiger partial charge in [0.15, 0.2) is 5.69 Å². The molecule has 0 fully saturated rings. The van der Waals surface area contributed by atoms with Crippen molar-refractivity contribution in [2.45, 2.75) is 13.1 Å². The topological polar surface area (TPSA) is 104 Å². The number of ether oxygens (including phenoxy) is 1. The van der Waals surface area contributed by atoms with Crippen molar-refractivity contribution in [1.29, 1.82) is 0 Å². The molecule has 4 rings (SSSR count). The Hall–Kier alpha value is -4.48. The number of carbonyl (C=O) groups excluding carboxylic acids is 2. The van der Waals surface area contributed by atoms with Gasteiger partial charge in [-0.1, -0.05) is 12.1 Å². The summed E-state index contributed by atoms with van der Waals surface area (Å²) >= 11 is 0. The molecule has 12 heteroatoms. The summed E-state index contributed by atoms with van der Waals surface area (Å²) in [4.78, 5) is 28.6. The zero-order valence-electron chi connectivity index (χ0n) is 17.7. The van der Waals surface area contributed by atoms with Crippen molar-refractivity contribution in [3.63, 3.8) is 0 Å². The van der Waals surface area contributed by atoms with Gasteiger partial charge < -0.3 is 10.1 Å². The fraction of sp³-hybridized carbons (Fsp3) is 0.136. The van der Waals surface area contributed by atoms with E-state index in [4.69, 9.17) is 4.74 Å². The highest BCUT2D eigenvalue weighted by Gasteiger charge is 2.41. The molecule has 0 saturated carbocycles. The van der Waals surface area contributed by atoms with E-state index >= 15 is 0 Å². The van der Waals surface area contributed by atoms with Gasteiger partial charge in [0.1, 0.15) is 18.2 Å². The number of anilines is 1. The Labute approximate surface area is 190 Å². The van der Waals surface area contributed by atoms with Gasteiger partial charge in [-0.05, 0) is 43.3 Å². The Kier molecular flexibility index (Phi) is 6.13. The molecule has 0 atom stereocenters. The predicted molar refractivity (Wildman–Crippen MR) is 114 cm³/mol. The highest BCUT2D eigenvalue weighted by Crippen LogP contribution is 2.34. The van der Waals surface area contributed by atoms with Crippen molar-refractivity contribution >= 4 is 17.6 Å². The molecule has 9 nitrogen and oxygen atoms in total. The summed E-state index contributed by atoms with van der Waals surface area (Å²) in [6, 6.07) is 12.2. The van der Waals surface area contributed by atoms with Gasteiger partial charge in [0, 0.05) is 5.56 Å². The number of para-hydroxylation sites is 2. The smallest absolute Gasteiger partial charge is 0.434 e. The van der Waals surface area contributed by atoms with Crippen molar-refractivity contribution in [3.05, 3.63) is 84.2 Å². The second-order valence-corrected chi connectivity index (χ2v) is 6.90. The van der Waals surface area contributed by atoms with Crippen LogP contribution < -0.4 is 5.32 Å². The lowest BCUT2D eigenvalue weighted by Gasteiger charge is -2.13. The van der Waals surface area contributed by atoms with E-state index in [9.17, 15) is 22.8 Å². The minimum Gasteiger partial charge on any atom is -0.462 e. The van der Waals surface area contributed by atoms with Crippen LogP contribution in [0.25, 0.3) is 11.4 Å². The van der Waals surface area contributed by atoms with E-state index in [-0.39, 0.29) is 17.9 Å². The monoisotopic (exact) mass is 470 g/mol. The summed E-state index contributed by atoms with van der Waals surface area (Å²) in [5, 5.41) is 10.5. The van der Waals surface area contributed by atoms with Gasteiger partial charge in [-0.25, -0.2) is 19.1 Å². The zero-order chi connectivity index (χ0) is 24.3. The minimum absolute atomic E-state index is 0.0161. The summed E-state index contributed by atoms with van der Waals surface area (Å²) in [7, 11) is 0. The van der Waals surface area contributed by atoms with Crippen molar-refractivity contribution in [3.8, 4) is 11.4 Å². The van der Waals surface area contributed by atoms with Gasteiger partial charge in [-0.3, -0.25) is 4.79 Å². The number of nitrogens with one attached hydrogen (secondary N) is 1. The zero-order valence-corrected chi connectivity index (χ0v) is 17.7. The Morgan fingerprint density at radius 2 is 1.79 bits per heavy atom. The third-order valence-electron chi connectivity index (χ3n) is 4.72. The second-order valence-electron chi connectivity index (χ2n) is 6.90. The lowest BCUT2D eigenvalue weighted by Crippen LogP contribution is -2.18.